The van der Waals surface area contributed by atoms with Gasteiger partial charge in [-0.05, 0) is 18.2 Å². The van der Waals surface area contributed by atoms with Crippen molar-refractivity contribution in [3.05, 3.63) is 54.0 Å². The Morgan fingerprint density at radius 2 is 1.92 bits per heavy atom. The molecule has 0 bridgehead atoms. The van der Waals surface area contributed by atoms with E-state index in [0.29, 0.717) is 5.88 Å². The Balaban J connectivity index is 1.80. The summed E-state index contributed by atoms with van der Waals surface area (Å²) in [5.74, 6) is -1.99. The number of urea groups is 1. The van der Waals surface area contributed by atoms with Gasteiger partial charge < -0.3 is 14.8 Å². The molecule has 0 spiro atoms. The second-order valence-electron chi connectivity index (χ2n) is 4.65. The summed E-state index contributed by atoms with van der Waals surface area (Å²) in [6.07, 6.45) is 1.23. The molecule has 0 fully saturated rings. The Hall–Kier alpha value is -3.49. The van der Waals surface area contributed by atoms with Crippen molar-refractivity contribution in [2.45, 2.75) is 0 Å². The van der Waals surface area contributed by atoms with Crippen molar-refractivity contribution in [2.24, 2.45) is 0 Å². The molecular weight excluding hydrogens is 333 g/mol. The molecule has 0 saturated heterocycles. The summed E-state index contributed by atoms with van der Waals surface area (Å²) >= 11 is 0. The average Bonchev–Trinajstić information content (AvgIpc) is 2.61. The second-order valence-corrected chi connectivity index (χ2v) is 4.65. The number of pyridine rings is 1. The fraction of sp³-hybridized carbons (Fsp3) is 0.125. The van der Waals surface area contributed by atoms with Gasteiger partial charge in [-0.1, -0.05) is 12.1 Å². The third-order valence-corrected chi connectivity index (χ3v) is 2.89. The molecule has 9 heteroatoms. The molecule has 1 heterocycles. The van der Waals surface area contributed by atoms with E-state index in [1.54, 1.807) is 0 Å². The zero-order valence-electron chi connectivity index (χ0n) is 13.1. The molecule has 130 valence electrons. The van der Waals surface area contributed by atoms with Gasteiger partial charge in [0.05, 0.1) is 18.4 Å². The molecule has 0 aliphatic rings. The van der Waals surface area contributed by atoms with Gasteiger partial charge in [-0.25, -0.2) is 19.0 Å². The number of amides is 3. The van der Waals surface area contributed by atoms with Crippen molar-refractivity contribution in [2.75, 3.05) is 19.0 Å². The number of carbonyl (C=O) groups excluding carboxylic acids is 3. The molecule has 25 heavy (non-hydrogen) atoms. The van der Waals surface area contributed by atoms with Crippen LogP contribution in [0.25, 0.3) is 0 Å². The lowest BCUT2D eigenvalue weighted by Gasteiger charge is -2.08. The molecule has 0 radical (unpaired) electrons. The molecule has 8 nitrogen and oxygen atoms in total. The van der Waals surface area contributed by atoms with Crippen molar-refractivity contribution in [3.63, 3.8) is 0 Å². The minimum Gasteiger partial charge on any atom is -0.481 e. The molecule has 0 aliphatic heterocycles. The number of esters is 1. The highest BCUT2D eigenvalue weighted by atomic mass is 19.1. The number of ether oxygens (including phenoxy) is 2. The van der Waals surface area contributed by atoms with Crippen LogP contribution in [-0.2, 0) is 9.53 Å². The van der Waals surface area contributed by atoms with Gasteiger partial charge in [-0.2, -0.15) is 0 Å². The Kier molecular flexibility index (Phi) is 5.99. The molecule has 2 rings (SSSR count). The molecular formula is C16H14FN3O5. The minimum atomic E-state index is -0.947. The quantitative estimate of drug-likeness (QED) is 0.798. The van der Waals surface area contributed by atoms with Crippen LogP contribution in [0.1, 0.15) is 10.4 Å². The van der Waals surface area contributed by atoms with Gasteiger partial charge in [0.1, 0.15) is 5.82 Å². The first kappa shape index (κ1) is 17.9. The Morgan fingerprint density at radius 3 is 2.56 bits per heavy atom. The lowest BCUT2D eigenvalue weighted by Crippen LogP contribution is -2.37. The predicted molar refractivity (Wildman–Crippen MR) is 84.6 cm³/mol. The highest BCUT2D eigenvalue weighted by molar-refractivity contribution is 6.02. The monoisotopic (exact) mass is 347 g/mol. The molecule has 2 N–H and O–H groups in total. The average molecular weight is 347 g/mol. The van der Waals surface area contributed by atoms with Gasteiger partial charge in [0.25, 0.3) is 5.91 Å². The molecule has 1 aromatic heterocycles. The van der Waals surface area contributed by atoms with E-state index in [4.69, 9.17) is 9.47 Å². The predicted octanol–water partition coefficient (Wildman–Crippen LogP) is 1.73. The van der Waals surface area contributed by atoms with Crippen LogP contribution < -0.4 is 15.4 Å². The van der Waals surface area contributed by atoms with Gasteiger partial charge in [0.2, 0.25) is 5.88 Å². The zero-order valence-corrected chi connectivity index (χ0v) is 13.1. The fourth-order valence-electron chi connectivity index (χ4n) is 1.72. The molecule has 2 aromatic rings. The van der Waals surface area contributed by atoms with Crippen LogP contribution in [0.15, 0.2) is 42.6 Å². The highest BCUT2D eigenvalue weighted by Crippen LogP contribution is 2.11. The van der Waals surface area contributed by atoms with E-state index in [1.165, 1.54) is 43.6 Å². The van der Waals surface area contributed by atoms with Gasteiger partial charge in [0, 0.05) is 12.3 Å². The summed E-state index contributed by atoms with van der Waals surface area (Å²) in [5, 5.41) is 4.08. The van der Waals surface area contributed by atoms with E-state index in [2.05, 4.69) is 10.3 Å². The lowest BCUT2D eigenvalue weighted by atomic mass is 10.3. The number of halogens is 1. The SMILES string of the molecule is COc1ccc(C(=O)OCC(=O)NC(=O)Nc2ccccc2F)cn1. The summed E-state index contributed by atoms with van der Waals surface area (Å²) in [5.41, 5.74) is 0.0264. The third-order valence-electron chi connectivity index (χ3n) is 2.89. The van der Waals surface area contributed by atoms with Gasteiger partial charge in [-0.15, -0.1) is 0 Å². The molecule has 0 saturated carbocycles. The van der Waals surface area contributed by atoms with Crippen molar-refractivity contribution in [1.82, 2.24) is 10.3 Å². The number of para-hydroxylation sites is 1. The Labute approximate surface area is 142 Å². The van der Waals surface area contributed by atoms with Crippen LogP contribution >= 0.6 is 0 Å². The van der Waals surface area contributed by atoms with Crippen LogP contribution in [0.2, 0.25) is 0 Å². The number of hydrogen-bond acceptors (Lipinski definition) is 6. The molecule has 1 aromatic carbocycles. The number of nitrogens with one attached hydrogen (secondary N) is 2. The number of rotatable bonds is 5. The number of methoxy groups -OCH3 is 1. The maximum Gasteiger partial charge on any atom is 0.340 e. The van der Waals surface area contributed by atoms with Crippen LogP contribution in [0, 0.1) is 5.82 Å². The highest BCUT2D eigenvalue weighted by Gasteiger charge is 2.14. The lowest BCUT2D eigenvalue weighted by molar-refractivity contribution is -0.123. The van der Waals surface area contributed by atoms with E-state index in [1.807, 2.05) is 5.32 Å². The van der Waals surface area contributed by atoms with Gasteiger partial charge in [-0.3, -0.25) is 10.1 Å². The van der Waals surface area contributed by atoms with Crippen LogP contribution in [0.3, 0.4) is 0 Å². The molecule has 0 unspecified atom stereocenters. The number of hydrogen-bond donors (Lipinski definition) is 2. The standard InChI is InChI=1S/C16H14FN3O5/c1-24-14-7-6-10(8-18-14)15(22)25-9-13(21)20-16(23)19-12-5-3-2-4-11(12)17/h2-8H,9H2,1H3,(H2,19,20,21,23). The first-order valence-corrected chi connectivity index (χ1v) is 7.02. The summed E-state index contributed by atoms with van der Waals surface area (Å²) < 4.78 is 23.0. The number of imide groups is 1. The summed E-state index contributed by atoms with van der Waals surface area (Å²) in [7, 11) is 1.43. The van der Waals surface area contributed by atoms with Gasteiger partial charge >= 0.3 is 12.0 Å². The maximum absolute atomic E-state index is 13.4. The van der Waals surface area contributed by atoms with E-state index in [0.717, 1.165) is 6.07 Å². The van der Waals surface area contributed by atoms with Crippen LogP contribution in [0.4, 0.5) is 14.9 Å². The zero-order chi connectivity index (χ0) is 18.2. The van der Waals surface area contributed by atoms with Crippen molar-refractivity contribution >= 4 is 23.6 Å². The summed E-state index contributed by atoms with van der Waals surface area (Å²) in [4.78, 5) is 38.7. The smallest absolute Gasteiger partial charge is 0.340 e. The van der Waals surface area contributed by atoms with E-state index < -0.39 is 30.3 Å². The number of nitrogens with zero attached hydrogens (tertiary/aromatic N) is 1. The Bertz CT molecular complexity index is 780. The summed E-state index contributed by atoms with van der Waals surface area (Å²) in [6, 6.07) is 7.38. The Morgan fingerprint density at radius 1 is 1.16 bits per heavy atom. The molecule has 0 atom stereocenters. The number of aromatic nitrogens is 1. The fourth-order valence-corrected chi connectivity index (χ4v) is 1.72. The molecule has 3 amide bonds. The van der Waals surface area contributed by atoms with E-state index in [9.17, 15) is 18.8 Å². The first-order chi connectivity index (χ1) is 12.0. The third kappa shape index (κ3) is 5.27. The maximum atomic E-state index is 13.4. The minimum absolute atomic E-state index is 0.0888. The van der Waals surface area contributed by atoms with Crippen LogP contribution in [0.5, 0.6) is 5.88 Å². The number of carbonyl (C=O) groups is 3. The van der Waals surface area contributed by atoms with Crippen molar-refractivity contribution in [3.8, 4) is 5.88 Å². The first-order valence-electron chi connectivity index (χ1n) is 7.02. The van der Waals surface area contributed by atoms with Crippen LogP contribution in [-0.4, -0.2) is 36.6 Å². The topological polar surface area (TPSA) is 107 Å². The molecule has 0 aliphatic carbocycles. The van der Waals surface area contributed by atoms with E-state index in [-0.39, 0.29) is 11.3 Å². The van der Waals surface area contributed by atoms with Crippen molar-refractivity contribution < 1.29 is 28.2 Å². The largest absolute Gasteiger partial charge is 0.481 e. The normalized spacial score (nSPS) is 9.84. The number of benzene rings is 1. The van der Waals surface area contributed by atoms with E-state index >= 15 is 0 Å². The van der Waals surface area contributed by atoms with Gasteiger partial charge in [0.15, 0.2) is 6.61 Å². The number of anilines is 1. The second kappa shape index (κ2) is 8.39. The van der Waals surface area contributed by atoms with Crippen molar-refractivity contribution in [1.29, 1.82) is 0 Å². The summed E-state index contributed by atoms with van der Waals surface area (Å²) in [6.45, 7) is -0.685.